The van der Waals surface area contributed by atoms with E-state index < -0.39 is 11.7 Å². The van der Waals surface area contributed by atoms with Gasteiger partial charge in [-0.3, -0.25) is 4.79 Å². The van der Waals surface area contributed by atoms with E-state index in [1.807, 2.05) is 30.0 Å². The van der Waals surface area contributed by atoms with Gasteiger partial charge in [0.25, 0.3) is 0 Å². The number of rotatable bonds is 4. The number of hydrogen-bond donors (Lipinski definition) is 2. The predicted octanol–water partition coefficient (Wildman–Crippen LogP) is 3.53. The summed E-state index contributed by atoms with van der Waals surface area (Å²) < 4.78 is 13.3. The van der Waals surface area contributed by atoms with E-state index in [9.17, 15) is 19.4 Å². The van der Waals surface area contributed by atoms with Crippen molar-refractivity contribution in [3.05, 3.63) is 65.0 Å². The molecule has 4 rings (SSSR count). The molecule has 1 saturated heterocycles. The third-order valence-electron chi connectivity index (χ3n) is 6.76. The Morgan fingerprint density at radius 1 is 1.19 bits per heavy atom. The quantitative estimate of drug-likeness (QED) is 0.785. The zero-order valence-corrected chi connectivity index (χ0v) is 18.2. The first-order chi connectivity index (χ1) is 14.8. The van der Waals surface area contributed by atoms with Gasteiger partial charge in [-0.25, -0.2) is 4.39 Å². The van der Waals surface area contributed by atoms with Crippen LogP contribution in [0, 0.1) is 5.82 Å². The van der Waals surface area contributed by atoms with Crippen molar-refractivity contribution in [2.45, 2.75) is 57.3 Å². The second-order valence-electron chi connectivity index (χ2n) is 9.04. The summed E-state index contributed by atoms with van der Waals surface area (Å²) in [5.41, 5.74) is 2.68. The number of hydrogen-bond acceptors (Lipinski definition) is 4. The first-order valence-electron chi connectivity index (χ1n) is 11.1. The molecule has 0 radical (unpaired) electrons. The Labute approximate surface area is 183 Å². The van der Waals surface area contributed by atoms with Crippen LogP contribution in [0.25, 0.3) is 0 Å². The number of carbonyl (C=O) groups excluding carboxylic acids is 1. The molecule has 0 spiro atoms. The minimum Gasteiger partial charge on any atom is -0.387 e. The average molecular weight is 427 g/mol. The van der Waals surface area contributed by atoms with Crippen molar-refractivity contribution in [3.8, 4) is 0 Å². The van der Waals surface area contributed by atoms with Crippen molar-refractivity contribution < 1.29 is 19.4 Å². The van der Waals surface area contributed by atoms with Crippen LogP contribution in [0.4, 0.5) is 10.1 Å². The highest BCUT2D eigenvalue weighted by Crippen LogP contribution is 2.35. The lowest BCUT2D eigenvalue weighted by molar-refractivity contribution is -0.116. The third kappa shape index (κ3) is 4.52. The number of carbonyl (C=O) groups is 1. The maximum absolute atomic E-state index is 13.3. The number of anilines is 1. The van der Waals surface area contributed by atoms with E-state index in [-0.39, 0.29) is 17.8 Å². The minimum absolute atomic E-state index is 0.0396. The second kappa shape index (κ2) is 8.69. The summed E-state index contributed by atoms with van der Waals surface area (Å²) in [6.07, 6.45) is 2.12. The van der Waals surface area contributed by atoms with E-state index in [0.717, 1.165) is 41.8 Å². The first-order valence-corrected chi connectivity index (χ1v) is 11.1. The lowest BCUT2D eigenvalue weighted by Gasteiger charge is -2.28. The first kappa shape index (κ1) is 21.9. The number of benzene rings is 2. The number of aliphatic hydroxyl groups excluding tert-OH is 1. The average Bonchev–Trinajstić information content (AvgIpc) is 2.95. The summed E-state index contributed by atoms with van der Waals surface area (Å²) in [6.45, 7) is 5.56. The van der Waals surface area contributed by atoms with E-state index in [1.54, 1.807) is 19.1 Å². The van der Waals surface area contributed by atoms with E-state index >= 15 is 0 Å². The Morgan fingerprint density at radius 2 is 1.94 bits per heavy atom. The van der Waals surface area contributed by atoms with Crippen molar-refractivity contribution in [1.29, 1.82) is 0 Å². The summed E-state index contributed by atoms with van der Waals surface area (Å²) >= 11 is 0. The highest BCUT2D eigenvalue weighted by atomic mass is 19.1. The lowest BCUT2D eigenvalue weighted by Crippen LogP contribution is -2.33. The molecule has 2 heterocycles. The van der Waals surface area contributed by atoms with Crippen LogP contribution in [0.15, 0.2) is 42.5 Å². The summed E-state index contributed by atoms with van der Waals surface area (Å²) in [4.78, 5) is 15.9. The number of halogens is 1. The lowest BCUT2D eigenvalue weighted by atomic mass is 9.87. The van der Waals surface area contributed by atoms with E-state index in [2.05, 4.69) is 4.90 Å². The number of aliphatic hydroxyl groups is 2. The molecule has 0 saturated carbocycles. The van der Waals surface area contributed by atoms with Gasteiger partial charge in [0.1, 0.15) is 5.82 Å². The fourth-order valence-electron chi connectivity index (χ4n) is 5.09. The Balaban J connectivity index is 1.42. The number of nitrogens with zero attached hydrogens (tertiary/aromatic N) is 2. The summed E-state index contributed by atoms with van der Waals surface area (Å²) in [7, 11) is 0. The predicted molar refractivity (Wildman–Crippen MR) is 118 cm³/mol. The fraction of sp³-hybridized carbons (Fsp3) is 0.480. The highest BCUT2D eigenvalue weighted by molar-refractivity contribution is 5.94. The summed E-state index contributed by atoms with van der Waals surface area (Å²) in [5, 5.41) is 22.0. The maximum Gasteiger partial charge on any atom is 0.224 e. The number of β-amino-alcohol motifs (C(OH)–C–C–N with tert-alkyl or cyclic N) is 1. The normalized spacial score (nSPS) is 25.2. The maximum atomic E-state index is 13.3. The van der Waals surface area contributed by atoms with E-state index in [0.29, 0.717) is 25.9 Å². The van der Waals surface area contributed by atoms with Gasteiger partial charge in [-0.2, -0.15) is 0 Å². The molecule has 2 aromatic carbocycles. The zero-order valence-electron chi connectivity index (χ0n) is 18.2. The van der Waals surface area contributed by atoms with Crippen LogP contribution in [-0.4, -0.2) is 46.7 Å². The molecule has 31 heavy (non-hydrogen) atoms. The number of fused-ring (bicyclic) bond motifs is 1. The molecule has 166 valence electrons. The minimum atomic E-state index is -0.965. The largest absolute Gasteiger partial charge is 0.387 e. The molecule has 2 N–H and O–H groups in total. The van der Waals surface area contributed by atoms with Gasteiger partial charge in [-0.1, -0.05) is 24.3 Å². The van der Waals surface area contributed by atoms with Gasteiger partial charge in [-0.15, -0.1) is 0 Å². The molecule has 0 unspecified atom stereocenters. The van der Waals surface area contributed by atoms with Gasteiger partial charge >= 0.3 is 0 Å². The Morgan fingerprint density at radius 3 is 2.65 bits per heavy atom. The standard InChI is InChI=1S/C25H31FN2O3/c1-17-14-20-15-19(4-9-23(20)28(17)18(2)29)24(30)16-27-12-3-10-25(31,11-13-27)21-5-7-22(26)8-6-21/h4-9,15,17,24,30-31H,3,10-14,16H2,1-2H3/t17-,24-,25+/m0/s1. The van der Waals surface area contributed by atoms with Gasteiger partial charge in [0.15, 0.2) is 0 Å². The molecule has 3 atom stereocenters. The summed E-state index contributed by atoms with van der Waals surface area (Å²) in [5.74, 6) is -0.265. The molecule has 6 heteroatoms. The topological polar surface area (TPSA) is 64.0 Å². The van der Waals surface area contributed by atoms with Gasteiger partial charge in [0.05, 0.1) is 11.7 Å². The highest BCUT2D eigenvalue weighted by Gasteiger charge is 2.33. The third-order valence-corrected chi connectivity index (χ3v) is 6.76. The van der Waals surface area contributed by atoms with Gasteiger partial charge in [-0.05, 0) is 74.0 Å². The number of likely N-dealkylation sites (tertiary alicyclic amines) is 1. The molecule has 0 aliphatic carbocycles. The zero-order chi connectivity index (χ0) is 22.2. The van der Waals surface area contributed by atoms with Crippen LogP contribution >= 0.6 is 0 Å². The van der Waals surface area contributed by atoms with Crippen LogP contribution < -0.4 is 4.90 Å². The smallest absolute Gasteiger partial charge is 0.224 e. The summed E-state index contributed by atoms with van der Waals surface area (Å²) in [6, 6.07) is 12.1. The molecule has 0 bridgehead atoms. The molecule has 2 aromatic rings. The second-order valence-corrected chi connectivity index (χ2v) is 9.04. The van der Waals surface area contributed by atoms with Crippen molar-refractivity contribution in [3.63, 3.8) is 0 Å². The van der Waals surface area contributed by atoms with Crippen molar-refractivity contribution >= 4 is 11.6 Å². The molecule has 2 aliphatic heterocycles. The Hall–Kier alpha value is -2.28. The van der Waals surface area contributed by atoms with Gasteiger partial charge in [0.2, 0.25) is 5.91 Å². The molecular weight excluding hydrogens is 395 g/mol. The van der Waals surface area contributed by atoms with Crippen molar-refractivity contribution in [2.24, 2.45) is 0 Å². The molecule has 1 fully saturated rings. The van der Waals surface area contributed by atoms with Crippen LogP contribution in [0.3, 0.4) is 0 Å². The molecular formula is C25H31FN2O3. The van der Waals surface area contributed by atoms with Crippen molar-refractivity contribution in [1.82, 2.24) is 4.90 Å². The monoisotopic (exact) mass is 426 g/mol. The fourth-order valence-corrected chi connectivity index (χ4v) is 5.09. The van der Waals surface area contributed by atoms with Crippen molar-refractivity contribution in [2.75, 3.05) is 24.5 Å². The van der Waals surface area contributed by atoms with Gasteiger partial charge < -0.3 is 20.0 Å². The molecule has 1 amide bonds. The number of amides is 1. The van der Waals surface area contributed by atoms with E-state index in [4.69, 9.17) is 0 Å². The van der Waals surface area contributed by atoms with Crippen LogP contribution in [0.1, 0.15) is 55.9 Å². The molecule has 5 nitrogen and oxygen atoms in total. The van der Waals surface area contributed by atoms with E-state index in [1.165, 1.54) is 12.1 Å². The van der Waals surface area contributed by atoms with Crippen LogP contribution in [0.5, 0.6) is 0 Å². The van der Waals surface area contributed by atoms with Gasteiger partial charge in [0, 0.05) is 31.7 Å². The van der Waals surface area contributed by atoms with Crippen LogP contribution in [0.2, 0.25) is 0 Å². The Bertz CT molecular complexity index is 948. The molecule has 0 aromatic heterocycles. The SMILES string of the molecule is CC(=O)N1c2ccc([C@@H](O)CN3CCC[C@](O)(c4ccc(F)cc4)CC3)cc2C[C@@H]1C. The van der Waals surface area contributed by atoms with Crippen LogP contribution in [-0.2, 0) is 16.8 Å². The Kier molecular flexibility index (Phi) is 6.15. The molecule has 2 aliphatic rings.